The smallest absolute Gasteiger partial charge is 0.297 e. The van der Waals surface area contributed by atoms with E-state index in [2.05, 4.69) is 4.36 Å². The minimum absolute atomic E-state index is 0.358. The van der Waals surface area contributed by atoms with Crippen molar-refractivity contribution in [3.63, 3.8) is 0 Å². The van der Waals surface area contributed by atoms with E-state index in [0.29, 0.717) is 10.6 Å². The standard InChI is InChI=1S/C7H10N2O2S2/c1-13(2,11)9-7(10)6-5(8)3-4-12-6/h3-4H,8H2,1-2H3. The van der Waals surface area contributed by atoms with Crippen LogP contribution in [-0.2, 0) is 9.73 Å². The predicted octanol–water partition coefficient (Wildman–Crippen LogP) is 1.20. The third-order valence-electron chi connectivity index (χ3n) is 1.19. The summed E-state index contributed by atoms with van der Waals surface area (Å²) in [5.74, 6) is -0.498. The molecular weight excluding hydrogens is 208 g/mol. The Morgan fingerprint density at radius 3 is 2.62 bits per heavy atom. The number of nitrogens with two attached hydrogens (primary N) is 1. The zero-order valence-electron chi connectivity index (χ0n) is 7.31. The van der Waals surface area contributed by atoms with Gasteiger partial charge in [-0.05, 0) is 11.4 Å². The van der Waals surface area contributed by atoms with Crippen molar-refractivity contribution >= 4 is 32.7 Å². The molecule has 0 atom stereocenters. The second kappa shape index (κ2) is 3.47. The molecule has 6 heteroatoms. The van der Waals surface area contributed by atoms with E-state index in [1.54, 1.807) is 11.4 Å². The zero-order chi connectivity index (χ0) is 10.1. The maximum atomic E-state index is 11.3. The molecule has 72 valence electrons. The molecule has 1 aromatic rings. The molecule has 0 radical (unpaired) electrons. The van der Waals surface area contributed by atoms with Crippen LogP contribution in [0.3, 0.4) is 0 Å². The molecule has 0 aliphatic heterocycles. The second-order valence-electron chi connectivity index (χ2n) is 2.78. The van der Waals surface area contributed by atoms with Crippen molar-refractivity contribution in [3.05, 3.63) is 16.3 Å². The summed E-state index contributed by atoms with van der Waals surface area (Å²) in [6.07, 6.45) is 2.82. The van der Waals surface area contributed by atoms with Gasteiger partial charge in [0.25, 0.3) is 5.91 Å². The number of hydrogen-bond donors (Lipinski definition) is 1. The fourth-order valence-electron chi connectivity index (χ4n) is 0.734. The summed E-state index contributed by atoms with van der Waals surface area (Å²) < 4.78 is 14.7. The minimum atomic E-state index is -2.39. The normalized spacial score (nSPS) is 11.2. The van der Waals surface area contributed by atoms with Crippen molar-refractivity contribution in [2.24, 2.45) is 4.36 Å². The van der Waals surface area contributed by atoms with Crippen LogP contribution < -0.4 is 5.73 Å². The molecular formula is C7H10N2O2S2. The molecule has 0 saturated carbocycles. The highest BCUT2D eigenvalue weighted by Crippen LogP contribution is 2.19. The number of carbonyl (C=O) groups is 1. The molecule has 1 heterocycles. The number of thiophene rings is 1. The van der Waals surface area contributed by atoms with Crippen LogP contribution in [0, 0.1) is 0 Å². The van der Waals surface area contributed by atoms with E-state index in [0.717, 1.165) is 0 Å². The van der Waals surface area contributed by atoms with Crippen molar-refractivity contribution in [2.45, 2.75) is 0 Å². The summed E-state index contributed by atoms with van der Waals surface area (Å²) in [4.78, 5) is 11.7. The highest BCUT2D eigenvalue weighted by atomic mass is 32.2. The van der Waals surface area contributed by atoms with Gasteiger partial charge >= 0.3 is 0 Å². The number of nitrogens with zero attached hydrogens (tertiary/aromatic N) is 1. The molecule has 0 aromatic carbocycles. The maximum absolute atomic E-state index is 11.3. The summed E-state index contributed by atoms with van der Waals surface area (Å²) in [6, 6.07) is 1.63. The minimum Gasteiger partial charge on any atom is -0.397 e. The fraction of sp³-hybridized carbons (Fsp3) is 0.286. The highest BCUT2D eigenvalue weighted by molar-refractivity contribution is 7.92. The quantitative estimate of drug-likeness (QED) is 0.769. The maximum Gasteiger partial charge on any atom is 0.297 e. The van der Waals surface area contributed by atoms with Crippen LogP contribution in [0.15, 0.2) is 15.8 Å². The van der Waals surface area contributed by atoms with E-state index in [-0.39, 0.29) is 0 Å². The number of rotatable bonds is 1. The summed E-state index contributed by atoms with van der Waals surface area (Å²) in [7, 11) is -2.39. The Bertz CT molecular complexity index is 433. The molecule has 1 aromatic heterocycles. The van der Waals surface area contributed by atoms with Crippen LogP contribution in [0.1, 0.15) is 9.67 Å². The van der Waals surface area contributed by atoms with Crippen LogP contribution in [0.5, 0.6) is 0 Å². The number of nitrogen functional groups attached to an aromatic ring is 1. The molecule has 0 unspecified atom stereocenters. The van der Waals surface area contributed by atoms with Crippen LogP contribution >= 0.6 is 11.3 Å². The first kappa shape index (κ1) is 10.2. The Hall–Kier alpha value is -0.880. The molecule has 2 N–H and O–H groups in total. The third-order valence-corrected chi connectivity index (χ3v) is 2.72. The van der Waals surface area contributed by atoms with E-state index in [9.17, 15) is 9.00 Å². The fourth-order valence-corrected chi connectivity index (χ4v) is 1.98. The Labute approximate surface area is 80.9 Å². The van der Waals surface area contributed by atoms with E-state index >= 15 is 0 Å². The molecule has 0 fully saturated rings. The van der Waals surface area contributed by atoms with Crippen molar-refractivity contribution < 1.29 is 9.00 Å². The number of hydrogen-bond acceptors (Lipinski definition) is 4. The summed E-state index contributed by atoms with van der Waals surface area (Å²) >= 11 is 1.20. The number of carbonyl (C=O) groups excluding carboxylic acids is 1. The van der Waals surface area contributed by atoms with E-state index in [1.165, 1.54) is 23.8 Å². The lowest BCUT2D eigenvalue weighted by atomic mass is 10.4. The Morgan fingerprint density at radius 2 is 2.23 bits per heavy atom. The van der Waals surface area contributed by atoms with Crippen molar-refractivity contribution in [2.75, 3.05) is 18.2 Å². The molecule has 0 bridgehead atoms. The van der Waals surface area contributed by atoms with Gasteiger partial charge in [0.1, 0.15) is 4.88 Å². The average Bonchev–Trinajstić information content (AvgIpc) is 2.30. The zero-order valence-corrected chi connectivity index (χ0v) is 8.95. The van der Waals surface area contributed by atoms with Crippen molar-refractivity contribution in [1.82, 2.24) is 0 Å². The van der Waals surface area contributed by atoms with E-state index in [1.807, 2.05) is 0 Å². The predicted molar refractivity (Wildman–Crippen MR) is 55.5 cm³/mol. The number of amides is 1. The Balaban J connectivity index is 3.08. The first-order valence-electron chi connectivity index (χ1n) is 3.44. The molecule has 4 nitrogen and oxygen atoms in total. The van der Waals surface area contributed by atoms with Crippen molar-refractivity contribution in [1.29, 1.82) is 0 Å². The van der Waals surface area contributed by atoms with Gasteiger partial charge in [0.15, 0.2) is 0 Å². The van der Waals surface area contributed by atoms with Gasteiger partial charge in [0.05, 0.1) is 5.69 Å². The van der Waals surface area contributed by atoms with Gasteiger partial charge in [-0.25, -0.2) is 4.21 Å². The van der Waals surface area contributed by atoms with Gasteiger partial charge in [-0.1, -0.05) is 0 Å². The lowest BCUT2D eigenvalue weighted by Gasteiger charge is -1.94. The van der Waals surface area contributed by atoms with Gasteiger partial charge in [-0.2, -0.15) is 4.36 Å². The molecule has 0 aliphatic carbocycles. The van der Waals surface area contributed by atoms with Gasteiger partial charge in [-0.3, -0.25) is 4.79 Å². The van der Waals surface area contributed by atoms with Crippen LogP contribution in [0.4, 0.5) is 5.69 Å². The molecule has 0 saturated heterocycles. The lowest BCUT2D eigenvalue weighted by molar-refractivity contribution is 0.101. The first-order chi connectivity index (χ1) is 5.90. The molecule has 1 amide bonds. The van der Waals surface area contributed by atoms with Gasteiger partial charge in [0.2, 0.25) is 0 Å². The SMILES string of the molecule is CS(C)(=O)=NC(=O)c1sccc1N. The first-order valence-corrected chi connectivity index (χ1v) is 6.66. The van der Waals surface area contributed by atoms with Crippen LogP contribution in [0.2, 0.25) is 0 Å². The average molecular weight is 218 g/mol. The third kappa shape index (κ3) is 2.82. The molecule has 13 heavy (non-hydrogen) atoms. The van der Waals surface area contributed by atoms with Crippen LogP contribution in [0.25, 0.3) is 0 Å². The van der Waals surface area contributed by atoms with Gasteiger partial charge in [0, 0.05) is 22.2 Å². The van der Waals surface area contributed by atoms with Crippen LogP contribution in [-0.4, -0.2) is 22.6 Å². The molecule has 1 rings (SSSR count). The Morgan fingerprint density at radius 1 is 1.62 bits per heavy atom. The molecule has 0 spiro atoms. The van der Waals surface area contributed by atoms with Crippen molar-refractivity contribution in [3.8, 4) is 0 Å². The summed E-state index contributed by atoms with van der Waals surface area (Å²) in [5, 5.41) is 1.70. The van der Waals surface area contributed by atoms with Gasteiger partial charge in [-0.15, -0.1) is 11.3 Å². The second-order valence-corrected chi connectivity index (χ2v) is 6.24. The summed E-state index contributed by atoms with van der Waals surface area (Å²) in [5.41, 5.74) is 5.89. The Kier molecular flexibility index (Phi) is 2.72. The summed E-state index contributed by atoms with van der Waals surface area (Å²) in [6.45, 7) is 0. The van der Waals surface area contributed by atoms with Gasteiger partial charge < -0.3 is 5.73 Å². The monoisotopic (exact) mass is 218 g/mol. The molecule has 0 aliphatic rings. The highest BCUT2D eigenvalue weighted by Gasteiger charge is 2.10. The topological polar surface area (TPSA) is 72.5 Å². The largest absolute Gasteiger partial charge is 0.397 e. The van der Waals surface area contributed by atoms with E-state index < -0.39 is 15.6 Å². The van der Waals surface area contributed by atoms with E-state index in [4.69, 9.17) is 5.73 Å². The number of anilines is 1. The lowest BCUT2D eigenvalue weighted by Crippen LogP contribution is -2.01.